The van der Waals surface area contributed by atoms with E-state index >= 15 is 0 Å². The van der Waals surface area contributed by atoms with Crippen LogP contribution in [-0.4, -0.2) is 52.3 Å². The zero-order chi connectivity index (χ0) is 21.3. The minimum Gasteiger partial charge on any atom is -0.384 e. The summed E-state index contributed by atoms with van der Waals surface area (Å²) in [6.07, 6.45) is 6.53. The van der Waals surface area contributed by atoms with Gasteiger partial charge >= 0.3 is 0 Å². The molecular weight excluding hydrogens is 382 g/mol. The first kappa shape index (κ1) is 20.7. The molecule has 160 valence electrons. The summed E-state index contributed by atoms with van der Waals surface area (Å²) in [5.41, 5.74) is 2.13. The van der Waals surface area contributed by atoms with Crippen LogP contribution < -0.4 is 10.2 Å². The molecule has 0 aliphatic carbocycles. The Balaban J connectivity index is 1.60. The van der Waals surface area contributed by atoms with Crippen LogP contribution >= 0.6 is 0 Å². The molecule has 0 spiro atoms. The molecule has 2 N–H and O–H groups in total. The van der Waals surface area contributed by atoms with Gasteiger partial charge in [-0.3, -0.25) is 9.78 Å². The van der Waals surface area contributed by atoms with Crippen molar-refractivity contribution in [3.05, 3.63) is 29.7 Å². The molecule has 0 aromatic carbocycles. The van der Waals surface area contributed by atoms with Crippen molar-refractivity contribution in [1.29, 1.82) is 0 Å². The van der Waals surface area contributed by atoms with E-state index in [1.54, 1.807) is 26.2 Å². The van der Waals surface area contributed by atoms with Crippen LogP contribution in [0.15, 0.2) is 18.5 Å². The average molecular weight is 412 g/mol. The number of pyridine rings is 1. The fraction of sp³-hybridized carbons (Fsp3) is 0.545. The molecule has 0 bridgehead atoms. The quantitative estimate of drug-likeness (QED) is 0.780. The number of amides is 1. The number of hydrogen-bond acceptors (Lipinski definition) is 7. The number of anilines is 2. The Morgan fingerprint density at radius 1 is 1.27 bits per heavy atom. The predicted octanol–water partition coefficient (Wildman–Crippen LogP) is 2.65. The smallest absolute Gasteiger partial charge is 0.245 e. The lowest BCUT2D eigenvalue weighted by Crippen LogP contribution is -2.40. The van der Waals surface area contributed by atoms with E-state index in [1.807, 2.05) is 17.9 Å². The number of ether oxygens (including phenoxy) is 1. The first-order chi connectivity index (χ1) is 14.3. The highest BCUT2D eigenvalue weighted by Crippen LogP contribution is 2.31. The van der Waals surface area contributed by atoms with E-state index < -0.39 is 5.60 Å². The van der Waals surface area contributed by atoms with Gasteiger partial charge in [0.1, 0.15) is 5.60 Å². The maximum atomic E-state index is 12.2. The van der Waals surface area contributed by atoms with Gasteiger partial charge in [0.2, 0.25) is 5.91 Å². The molecular formula is C22H29N5O3. The molecule has 1 saturated heterocycles. The minimum absolute atomic E-state index is 0.0658. The summed E-state index contributed by atoms with van der Waals surface area (Å²) >= 11 is 0. The van der Waals surface area contributed by atoms with Crippen LogP contribution in [0.4, 0.5) is 11.6 Å². The molecule has 2 aliphatic rings. The molecule has 1 fully saturated rings. The van der Waals surface area contributed by atoms with E-state index in [4.69, 9.17) is 9.72 Å². The lowest BCUT2D eigenvalue weighted by Gasteiger charge is -2.31. The van der Waals surface area contributed by atoms with Crippen molar-refractivity contribution < 1.29 is 14.6 Å². The molecule has 1 amide bonds. The maximum Gasteiger partial charge on any atom is 0.245 e. The lowest BCUT2D eigenvalue weighted by atomic mass is 9.96. The van der Waals surface area contributed by atoms with Crippen LogP contribution in [0.1, 0.15) is 44.4 Å². The van der Waals surface area contributed by atoms with Crippen molar-refractivity contribution >= 4 is 17.5 Å². The lowest BCUT2D eigenvalue weighted by molar-refractivity contribution is -0.115. The van der Waals surface area contributed by atoms with Gasteiger partial charge < -0.3 is 20.1 Å². The highest BCUT2D eigenvalue weighted by molar-refractivity contribution is 5.99. The second kappa shape index (κ2) is 8.28. The van der Waals surface area contributed by atoms with Crippen molar-refractivity contribution in [2.45, 2.75) is 45.6 Å². The van der Waals surface area contributed by atoms with Crippen LogP contribution in [0, 0.1) is 12.8 Å². The van der Waals surface area contributed by atoms with Gasteiger partial charge in [0, 0.05) is 31.5 Å². The van der Waals surface area contributed by atoms with Crippen LogP contribution in [0.5, 0.6) is 0 Å². The number of fused-ring (bicyclic) bond motifs is 1. The number of aromatic nitrogens is 3. The monoisotopic (exact) mass is 411 g/mol. The molecule has 0 atom stereocenters. The second-order valence-electron chi connectivity index (χ2n) is 8.69. The number of aliphatic hydroxyl groups is 1. The SMILES string of the molecule is Cc1cc(C(C)(C)O)ncc1-c1cnc2c(n1)N(CCC1CCOCC1)CC(=O)N2. The third-order valence-corrected chi connectivity index (χ3v) is 5.81. The van der Waals surface area contributed by atoms with Gasteiger partial charge in [0.05, 0.1) is 24.1 Å². The Labute approximate surface area is 176 Å². The van der Waals surface area contributed by atoms with Crippen molar-refractivity contribution in [2.75, 3.05) is 36.5 Å². The highest BCUT2D eigenvalue weighted by Gasteiger charge is 2.27. The third-order valence-electron chi connectivity index (χ3n) is 5.81. The topological polar surface area (TPSA) is 100 Å². The summed E-state index contributed by atoms with van der Waals surface area (Å²) in [5.74, 6) is 1.75. The highest BCUT2D eigenvalue weighted by atomic mass is 16.5. The zero-order valence-electron chi connectivity index (χ0n) is 17.8. The molecule has 0 saturated carbocycles. The number of nitrogens with one attached hydrogen (secondary N) is 1. The summed E-state index contributed by atoms with van der Waals surface area (Å²) < 4.78 is 5.45. The molecule has 8 nitrogen and oxygen atoms in total. The fourth-order valence-electron chi connectivity index (χ4n) is 3.95. The second-order valence-corrected chi connectivity index (χ2v) is 8.69. The number of rotatable bonds is 5. The summed E-state index contributed by atoms with van der Waals surface area (Å²) in [6, 6.07) is 1.88. The van der Waals surface area contributed by atoms with Crippen LogP contribution in [0.25, 0.3) is 11.3 Å². The summed E-state index contributed by atoms with van der Waals surface area (Å²) in [6.45, 7) is 8.08. The molecule has 2 aromatic heterocycles. The van der Waals surface area contributed by atoms with Gasteiger partial charge in [-0.05, 0) is 57.6 Å². The molecule has 8 heteroatoms. The van der Waals surface area contributed by atoms with Gasteiger partial charge in [-0.25, -0.2) is 9.97 Å². The maximum absolute atomic E-state index is 12.2. The molecule has 0 unspecified atom stereocenters. The predicted molar refractivity (Wildman–Crippen MR) is 114 cm³/mol. The summed E-state index contributed by atoms with van der Waals surface area (Å²) in [5, 5.41) is 13.0. The molecule has 2 aliphatic heterocycles. The number of carbonyl (C=O) groups excluding carboxylic acids is 1. The van der Waals surface area contributed by atoms with E-state index in [2.05, 4.69) is 15.3 Å². The first-order valence-corrected chi connectivity index (χ1v) is 10.5. The van der Waals surface area contributed by atoms with E-state index in [0.29, 0.717) is 28.9 Å². The normalized spacial score (nSPS) is 17.6. The minimum atomic E-state index is -1.00. The van der Waals surface area contributed by atoms with Crippen LogP contribution in [0.2, 0.25) is 0 Å². The van der Waals surface area contributed by atoms with E-state index in [9.17, 15) is 9.90 Å². The van der Waals surface area contributed by atoms with E-state index in [0.717, 1.165) is 50.1 Å². The van der Waals surface area contributed by atoms with Gasteiger partial charge in [0.15, 0.2) is 11.6 Å². The third kappa shape index (κ3) is 4.44. The van der Waals surface area contributed by atoms with Crippen molar-refractivity contribution in [1.82, 2.24) is 15.0 Å². The Morgan fingerprint density at radius 2 is 2.03 bits per heavy atom. The molecule has 4 rings (SSSR count). The Morgan fingerprint density at radius 3 is 2.73 bits per heavy atom. The average Bonchev–Trinajstić information content (AvgIpc) is 2.72. The number of aryl methyl sites for hydroxylation is 1. The van der Waals surface area contributed by atoms with Gasteiger partial charge in [0.25, 0.3) is 0 Å². The Kier molecular flexibility index (Phi) is 5.71. The molecule has 2 aromatic rings. The fourth-order valence-corrected chi connectivity index (χ4v) is 3.95. The summed E-state index contributed by atoms with van der Waals surface area (Å²) in [7, 11) is 0. The number of nitrogens with zero attached hydrogens (tertiary/aromatic N) is 4. The largest absolute Gasteiger partial charge is 0.384 e. The molecule has 30 heavy (non-hydrogen) atoms. The first-order valence-electron chi connectivity index (χ1n) is 10.5. The number of hydrogen-bond donors (Lipinski definition) is 2. The molecule has 0 radical (unpaired) electrons. The van der Waals surface area contributed by atoms with Crippen LogP contribution in [0.3, 0.4) is 0 Å². The number of carbonyl (C=O) groups is 1. The Hall–Kier alpha value is -2.58. The zero-order valence-corrected chi connectivity index (χ0v) is 17.8. The standard InChI is InChI=1S/C22H29N5O3/c1-14-10-18(22(2,3)29)23-11-16(14)17-12-24-20-21(25-17)27(13-19(28)26-20)7-4-15-5-8-30-9-6-15/h10-12,15,29H,4-9,13H2,1-3H3,(H,24,26,28). The summed E-state index contributed by atoms with van der Waals surface area (Å²) in [4.78, 5) is 27.9. The van der Waals surface area contributed by atoms with E-state index in [1.165, 1.54) is 0 Å². The van der Waals surface area contributed by atoms with Gasteiger partial charge in [-0.15, -0.1) is 0 Å². The Bertz CT molecular complexity index is 935. The van der Waals surface area contributed by atoms with E-state index in [-0.39, 0.29) is 12.5 Å². The van der Waals surface area contributed by atoms with Crippen molar-refractivity contribution in [3.8, 4) is 11.3 Å². The van der Waals surface area contributed by atoms with Gasteiger partial charge in [-0.2, -0.15) is 0 Å². The van der Waals surface area contributed by atoms with Crippen molar-refractivity contribution in [3.63, 3.8) is 0 Å². The van der Waals surface area contributed by atoms with Gasteiger partial charge in [-0.1, -0.05) is 0 Å². The molecule has 4 heterocycles. The van der Waals surface area contributed by atoms with Crippen LogP contribution in [-0.2, 0) is 15.1 Å². The van der Waals surface area contributed by atoms with Crippen molar-refractivity contribution in [2.24, 2.45) is 5.92 Å².